The van der Waals surface area contributed by atoms with Crippen LogP contribution in [0.1, 0.15) is 101 Å². The Morgan fingerprint density at radius 3 is 2.07 bits per heavy atom. The molecule has 27 atom stereocenters. The van der Waals surface area contributed by atoms with Crippen molar-refractivity contribution in [2.75, 3.05) is 26.9 Å². The Bertz CT molecular complexity index is 2510. The Balaban J connectivity index is 0.912. The summed E-state index contributed by atoms with van der Waals surface area (Å²) < 4.78 is 104. The molecule has 0 unspecified atom stereocenters. The highest BCUT2D eigenvalue weighted by atomic mass is 32.3. The van der Waals surface area contributed by atoms with Crippen LogP contribution in [0.3, 0.4) is 0 Å². The van der Waals surface area contributed by atoms with E-state index in [1.54, 1.807) is 0 Å². The minimum atomic E-state index is -5.16. The maximum Gasteiger partial charge on any atom is 0.397 e. The first-order chi connectivity index (χ1) is 37.9. The van der Waals surface area contributed by atoms with Gasteiger partial charge in [0.05, 0.1) is 43.4 Å². The van der Waals surface area contributed by atoms with Gasteiger partial charge >= 0.3 is 22.3 Å². The fourth-order valence-electron chi connectivity index (χ4n) is 15.9. The number of methoxy groups -OCH3 is 1. The molecular formula is C55H84O25S. The number of allylic oxidation sites excluding steroid dienone is 5. The van der Waals surface area contributed by atoms with Gasteiger partial charge in [0.15, 0.2) is 25.2 Å². The molecule has 4 aliphatic carbocycles. The Kier molecular flexibility index (Phi) is 18.0. The molecule has 1 spiro atoms. The Hall–Kier alpha value is -2.65. The van der Waals surface area contributed by atoms with E-state index >= 15 is 0 Å². The van der Waals surface area contributed by atoms with Crippen LogP contribution in [0.15, 0.2) is 35.5 Å². The molecule has 25 nitrogen and oxygen atoms in total. The lowest BCUT2D eigenvalue weighted by Crippen LogP contribution is -2.65. The van der Waals surface area contributed by atoms with Crippen molar-refractivity contribution in [3.05, 3.63) is 35.5 Å². The van der Waals surface area contributed by atoms with Crippen LogP contribution in [0.2, 0.25) is 0 Å². The molecule has 5 heterocycles. The molecule has 81 heavy (non-hydrogen) atoms. The number of aliphatic hydroxyl groups excluding tert-OH is 8. The first-order valence-electron chi connectivity index (χ1n) is 28.0. The van der Waals surface area contributed by atoms with Crippen molar-refractivity contribution in [3.63, 3.8) is 0 Å². The number of fused-ring (bicyclic) bond motifs is 4. The summed E-state index contributed by atoms with van der Waals surface area (Å²) in [6.07, 6.45) is -18.9. The van der Waals surface area contributed by atoms with Gasteiger partial charge in [0.1, 0.15) is 91.1 Å². The second kappa shape index (κ2) is 23.2. The standard InChI is InChI=1S/C55H84O25S/c1-24(2)12-11-17-54(9)45-30(73-26(4)57)20-53(8)28-13-14-33-51(5,6)34(16-18-52(33,7)27(28)15-19-55(45,53)50(65)79-54)75-49-44(36(60)32(23-71-49)80-81(66,67)68)78-47-38(62)37(61)41(25(3)72-47)76-46-39(63)42(29(58)22-70-46)77-48-40(64)43(69-10)35(59)31(21-56)74-48/h11-13,17,25,27,29-49,56,58-64H,14-16,18-23H2,1-10H3,(H,66,67,68)/b17-11+/t25-,27-,29-,30+,31-,32-,33+,34+,35-,36+,37+,38-,39-,40-,41-,42+,43+,44-,45-,46+,47+,48+,49+,52-,53+,54-,55-/m1/s1. The number of rotatable bonds is 15. The summed E-state index contributed by atoms with van der Waals surface area (Å²) >= 11 is 0. The van der Waals surface area contributed by atoms with Crippen molar-refractivity contribution in [1.29, 1.82) is 0 Å². The molecule has 0 amide bonds. The van der Waals surface area contributed by atoms with Gasteiger partial charge in [-0.25, -0.2) is 4.18 Å². The molecule has 8 fully saturated rings. The summed E-state index contributed by atoms with van der Waals surface area (Å²) in [6, 6.07) is 0. The van der Waals surface area contributed by atoms with Crippen LogP contribution in [0.5, 0.6) is 0 Å². The Morgan fingerprint density at radius 1 is 0.765 bits per heavy atom. The van der Waals surface area contributed by atoms with Gasteiger partial charge in [-0.1, -0.05) is 57.1 Å². The molecule has 5 aliphatic heterocycles. The highest BCUT2D eigenvalue weighted by molar-refractivity contribution is 7.80. The summed E-state index contributed by atoms with van der Waals surface area (Å²) in [6.45, 7) is 15.5. The maximum atomic E-state index is 14.6. The first-order valence-corrected chi connectivity index (χ1v) is 29.4. The zero-order valence-corrected chi connectivity index (χ0v) is 48.2. The molecule has 0 bridgehead atoms. The third-order valence-corrected chi connectivity index (χ3v) is 20.3. The number of aliphatic hydroxyl groups is 8. The molecule has 5 saturated heterocycles. The predicted octanol–water partition coefficient (Wildman–Crippen LogP) is 0.396. The van der Waals surface area contributed by atoms with Crippen LogP contribution in [0, 0.1) is 39.4 Å². The van der Waals surface area contributed by atoms with E-state index in [2.05, 4.69) is 33.8 Å². The van der Waals surface area contributed by atoms with E-state index in [-0.39, 0.29) is 23.2 Å². The summed E-state index contributed by atoms with van der Waals surface area (Å²) in [4.78, 5) is 27.4. The third-order valence-electron chi connectivity index (χ3n) is 19.8. The van der Waals surface area contributed by atoms with E-state index in [0.29, 0.717) is 38.5 Å². The van der Waals surface area contributed by atoms with Crippen molar-refractivity contribution in [1.82, 2.24) is 0 Å². The van der Waals surface area contributed by atoms with Crippen molar-refractivity contribution >= 4 is 22.3 Å². The van der Waals surface area contributed by atoms with Gasteiger partial charge in [0.25, 0.3) is 0 Å². The van der Waals surface area contributed by atoms with Crippen LogP contribution in [0.25, 0.3) is 0 Å². The second-order valence-corrected chi connectivity index (χ2v) is 26.3. The monoisotopic (exact) mass is 1180 g/mol. The second-order valence-electron chi connectivity index (χ2n) is 25.3. The smallest absolute Gasteiger partial charge is 0.397 e. The molecule has 3 saturated carbocycles. The largest absolute Gasteiger partial charge is 0.462 e. The fraction of sp³-hybridized carbons (Fsp3) is 0.855. The molecule has 26 heteroatoms. The van der Waals surface area contributed by atoms with E-state index in [9.17, 15) is 63.4 Å². The lowest BCUT2D eigenvalue weighted by atomic mass is 9.41. The number of hydrogen-bond donors (Lipinski definition) is 9. The highest BCUT2D eigenvalue weighted by Crippen LogP contribution is 2.76. The average molecular weight is 1180 g/mol. The summed E-state index contributed by atoms with van der Waals surface area (Å²) in [5.74, 6) is -1.15. The number of ether oxygens (including phenoxy) is 11. The summed E-state index contributed by atoms with van der Waals surface area (Å²) in [5, 5.41) is 88.4. The number of hydrogen-bond acceptors (Lipinski definition) is 24. The van der Waals surface area contributed by atoms with Crippen LogP contribution >= 0.6 is 0 Å². The van der Waals surface area contributed by atoms with Gasteiger partial charge in [0, 0.05) is 19.4 Å². The first kappa shape index (κ1) is 62.9. The molecule has 9 aliphatic rings. The van der Waals surface area contributed by atoms with Crippen LogP contribution in [-0.2, 0) is 76.3 Å². The van der Waals surface area contributed by atoms with Gasteiger partial charge in [0.2, 0.25) is 0 Å². The summed E-state index contributed by atoms with van der Waals surface area (Å²) in [5.41, 5.74) is -1.42. The minimum Gasteiger partial charge on any atom is -0.462 e. The van der Waals surface area contributed by atoms with E-state index in [4.69, 9.17) is 56.3 Å². The predicted molar refractivity (Wildman–Crippen MR) is 276 cm³/mol. The van der Waals surface area contributed by atoms with Crippen molar-refractivity contribution in [3.8, 4) is 0 Å². The molecule has 460 valence electrons. The van der Waals surface area contributed by atoms with E-state index in [1.807, 2.05) is 39.0 Å². The maximum absolute atomic E-state index is 14.6. The topological polar surface area (TPSA) is 361 Å². The number of carbonyl (C=O) groups excluding carboxylic acids is 2. The molecular weight excluding hydrogens is 1090 g/mol. The number of cyclic esters (lactones) is 1. The normalized spacial score (nSPS) is 49.6. The third kappa shape index (κ3) is 11.1. The number of carbonyl (C=O) groups is 2. The molecule has 9 N–H and O–H groups in total. The van der Waals surface area contributed by atoms with Crippen LogP contribution < -0.4 is 0 Å². The minimum absolute atomic E-state index is 0.0241. The molecule has 0 radical (unpaired) electrons. The van der Waals surface area contributed by atoms with Gasteiger partial charge in [-0.05, 0) is 95.0 Å². The fourth-order valence-corrected chi connectivity index (χ4v) is 16.4. The Labute approximate surface area is 471 Å². The van der Waals surface area contributed by atoms with E-state index < -0.39 is 187 Å². The van der Waals surface area contributed by atoms with Crippen LogP contribution in [-0.4, -0.2) is 221 Å². The molecule has 0 aromatic heterocycles. The van der Waals surface area contributed by atoms with Crippen LogP contribution in [0.4, 0.5) is 0 Å². The van der Waals surface area contributed by atoms with Gasteiger partial charge in [-0.2, -0.15) is 8.42 Å². The number of esters is 2. The van der Waals surface area contributed by atoms with Crippen molar-refractivity contribution in [2.45, 2.75) is 229 Å². The van der Waals surface area contributed by atoms with E-state index in [0.717, 1.165) is 11.1 Å². The van der Waals surface area contributed by atoms with Crippen molar-refractivity contribution in [2.24, 2.45) is 39.4 Å². The van der Waals surface area contributed by atoms with Gasteiger partial charge in [-0.3, -0.25) is 14.1 Å². The molecule has 0 aromatic carbocycles. The van der Waals surface area contributed by atoms with Crippen molar-refractivity contribution < 1.29 is 120 Å². The highest BCUT2D eigenvalue weighted by Gasteiger charge is 2.79. The quantitative estimate of drug-likeness (QED) is 0.0464. The van der Waals surface area contributed by atoms with Gasteiger partial charge < -0.3 is 93.0 Å². The molecule has 9 rings (SSSR count). The zero-order chi connectivity index (χ0) is 59.3. The Morgan fingerprint density at radius 2 is 1.42 bits per heavy atom. The molecule has 0 aromatic rings. The van der Waals surface area contributed by atoms with Gasteiger partial charge in [-0.15, -0.1) is 0 Å². The summed E-state index contributed by atoms with van der Waals surface area (Å²) in [7, 11) is -3.95. The zero-order valence-electron chi connectivity index (χ0n) is 47.4. The average Bonchev–Trinajstić information content (AvgIpc) is 1.74. The lowest BCUT2D eigenvalue weighted by Gasteiger charge is -2.63. The SMILES string of the molecule is CO[C@@H]1[C@@H](O)[C@H](O[C@@H]2[C@@H](O)[C@H](O[C@H]3[C@@H](O)[C@@H](O)[C@H](O[C@H]4[C@H](O[C@H]5CC[C@]6(C)[C@@H]7CC[C@]89C(=O)O[C@](C)(/C=C/C=C(C)C)[C@H]8[C@@H](OC(C)=O)C[C@@]9(C)C7=CC[C@H]6C5(C)C)OC[C@@H](OS(=O)(=O)O)[C@@H]4O)O[C@@H]3C)OC[C@H]2O)O[C@H](CO)[C@H]1O. The lowest BCUT2D eigenvalue weighted by molar-refractivity contribution is -0.382. The van der Waals surface area contributed by atoms with E-state index in [1.165, 1.54) is 21.0 Å².